The summed E-state index contributed by atoms with van der Waals surface area (Å²) in [5, 5.41) is 8.71. The van der Waals surface area contributed by atoms with E-state index in [1.807, 2.05) is 0 Å². The van der Waals surface area contributed by atoms with E-state index in [4.69, 9.17) is 5.11 Å². The molecule has 0 aliphatic heterocycles. The van der Waals surface area contributed by atoms with Crippen LogP contribution in [0.5, 0.6) is 0 Å². The number of hydrogen-bond donors (Lipinski definition) is 2. The van der Waals surface area contributed by atoms with Gasteiger partial charge in [0.2, 0.25) is 0 Å². The zero-order valence-corrected chi connectivity index (χ0v) is 11.9. The summed E-state index contributed by atoms with van der Waals surface area (Å²) >= 11 is 1.06. The molecule has 20 heavy (non-hydrogen) atoms. The van der Waals surface area contributed by atoms with Crippen LogP contribution in [0.3, 0.4) is 0 Å². The molecule has 0 unspecified atom stereocenters. The predicted molar refractivity (Wildman–Crippen MR) is 73.2 cm³/mol. The van der Waals surface area contributed by atoms with Gasteiger partial charge in [0.1, 0.15) is 10.0 Å². The van der Waals surface area contributed by atoms with Crippen molar-refractivity contribution in [2.75, 3.05) is 4.72 Å². The van der Waals surface area contributed by atoms with Crippen LogP contribution in [0, 0.1) is 12.7 Å². The highest BCUT2D eigenvalue weighted by molar-refractivity contribution is 7.94. The molecule has 0 radical (unpaired) electrons. The molecule has 0 saturated carbocycles. The van der Waals surface area contributed by atoms with Crippen molar-refractivity contribution < 1.29 is 22.7 Å². The molecule has 0 bridgehead atoms. The van der Waals surface area contributed by atoms with Crippen LogP contribution in [0.1, 0.15) is 15.2 Å². The summed E-state index contributed by atoms with van der Waals surface area (Å²) in [5.74, 6) is -2.23. The van der Waals surface area contributed by atoms with Gasteiger partial charge in [-0.05, 0) is 37.3 Å². The first-order chi connectivity index (χ1) is 9.29. The van der Waals surface area contributed by atoms with Crippen molar-refractivity contribution in [3.8, 4) is 0 Å². The van der Waals surface area contributed by atoms with Crippen LogP contribution in [0.25, 0.3) is 0 Å². The van der Waals surface area contributed by atoms with E-state index in [2.05, 4.69) is 4.72 Å². The molecule has 0 fully saturated rings. The second-order valence-electron chi connectivity index (χ2n) is 3.97. The Morgan fingerprint density at radius 3 is 2.50 bits per heavy atom. The number of carbonyl (C=O) groups is 1. The van der Waals surface area contributed by atoms with Crippen LogP contribution < -0.4 is 4.72 Å². The molecular formula is C12H10FNO4S2. The minimum absolute atomic E-state index is 0.0664. The van der Waals surface area contributed by atoms with E-state index in [0.717, 1.165) is 34.4 Å². The van der Waals surface area contributed by atoms with Crippen LogP contribution in [0.2, 0.25) is 0 Å². The Kier molecular flexibility index (Phi) is 3.78. The van der Waals surface area contributed by atoms with Gasteiger partial charge >= 0.3 is 5.97 Å². The number of halogens is 1. The van der Waals surface area contributed by atoms with Gasteiger partial charge in [0.25, 0.3) is 10.0 Å². The predicted octanol–water partition coefficient (Wildman–Crippen LogP) is 2.69. The molecule has 2 aromatic rings. The molecule has 1 heterocycles. The van der Waals surface area contributed by atoms with Crippen LogP contribution in [0.15, 0.2) is 34.5 Å². The van der Waals surface area contributed by atoms with Gasteiger partial charge in [0.05, 0.1) is 11.3 Å². The van der Waals surface area contributed by atoms with Crippen molar-refractivity contribution in [3.63, 3.8) is 0 Å². The van der Waals surface area contributed by atoms with Crippen LogP contribution >= 0.6 is 11.3 Å². The number of nitrogens with one attached hydrogen (secondary N) is 1. The minimum Gasteiger partial charge on any atom is -0.478 e. The Morgan fingerprint density at radius 1 is 1.30 bits per heavy atom. The Bertz CT molecular complexity index is 768. The molecule has 8 heteroatoms. The number of carboxylic acids is 1. The summed E-state index contributed by atoms with van der Waals surface area (Å²) in [6.45, 7) is 1.76. The number of carboxylic acid groups (broad SMARTS) is 1. The van der Waals surface area contributed by atoms with Crippen LogP contribution in [-0.4, -0.2) is 19.5 Å². The van der Waals surface area contributed by atoms with Crippen molar-refractivity contribution in [1.82, 2.24) is 0 Å². The van der Waals surface area contributed by atoms with E-state index in [1.165, 1.54) is 6.07 Å². The normalized spacial score (nSPS) is 11.3. The summed E-state index contributed by atoms with van der Waals surface area (Å²) in [6, 6.07) is 6.04. The third-order valence-corrected chi connectivity index (χ3v) is 5.30. The minimum atomic E-state index is -3.87. The topological polar surface area (TPSA) is 83.5 Å². The van der Waals surface area contributed by atoms with Gasteiger partial charge in [-0.15, -0.1) is 11.3 Å². The molecule has 0 atom stereocenters. The van der Waals surface area contributed by atoms with Gasteiger partial charge < -0.3 is 5.11 Å². The van der Waals surface area contributed by atoms with Crippen molar-refractivity contribution in [1.29, 1.82) is 0 Å². The summed E-state index contributed by atoms with van der Waals surface area (Å²) in [4.78, 5) is 11.5. The number of thiophene rings is 1. The lowest BCUT2D eigenvalue weighted by molar-refractivity contribution is 0.0696. The molecule has 2 N–H and O–H groups in total. The van der Waals surface area contributed by atoms with Gasteiger partial charge in [0.15, 0.2) is 0 Å². The maximum atomic E-state index is 13.7. The third-order valence-electron chi connectivity index (χ3n) is 2.44. The molecule has 5 nitrogen and oxygen atoms in total. The maximum absolute atomic E-state index is 13.7. The lowest BCUT2D eigenvalue weighted by atomic mass is 10.2. The molecule has 1 aromatic heterocycles. The van der Waals surface area contributed by atoms with E-state index in [9.17, 15) is 17.6 Å². The number of hydrogen-bond acceptors (Lipinski definition) is 4. The SMILES string of the molecule is Cc1ccc(S(=O)(=O)Nc2ccc(C(=O)O)cc2F)s1. The number of anilines is 1. The summed E-state index contributed by atoms with van der Waals surface area (Å²) < 4.78 is 39.8. The van der Waals surface area contributed by atoms with Gasteiger partial charge in [-0.3, -0.25) is 4.72 Å². The van der Waals surface area contributed by atoms with E-state index in [1.54, 1.807) is 13.0 Å². The number of sulfonamides is 1. The smallest absolute Gasteiger partial charge is 0.335 e. The quantitative estimate of drug-likeness (QED) is 0.908. The van der Waals surface area contributed by atoms with E-state index in [-0.39, 0.29) is 15.5 Å². The Hall–Kier alpha value is -1.93. The highest BCUT2D eigenvalue weighted by Crippen LogP contribution is 2.25. The van der Waals surface area contributed by atoms with Crippen LogP contribution in [-0.2, 0) is 10.0 Å². The van der Waals surface area contributed by atoms with E-state index in [0.29, 0.717) is 0 Å². The monoisotopic (exact) mass is 315 g/mol. The van der Waals surface area contributed by atoms with Gasteiger partial charge in [-0.25, -0.2) is 17.6 Å². The average Bonchev–Trinajstić information content (AvgIpc) is 2.79. The highest BCUT2D eigenvalue weighted by atomic mass is 32.2. The Balaban J connectivity index is 2.32. The second-order valence-corrected chi connectivity index (χ2v) is 7.17. The summed E-state index contributed by atoms with van der Waals surface area (Å²) in [6.07, 6.45) is 0. The zero-order valence-electron chi connectivity index (χ0n) is 10.3. The third kappa shape index (κ3) is 2.97. The second kappa shape index (κ2) is 5.22. The molecule has 0 aliphatic rings. The number of aryl methyl sites for hydroxylation is 1. The van der Waals surface area contributed by atoms with Gasteiger partial charge in [-0.2, -0.15) is 0 Å². The first kappa shape index (κ1) is 14.5. The number of benzene rings is 1. The van der Waals surface area contributed by atoms with Gasteiger partial charge in [0, 0.05) is 4.88 Å². The van der Waals surface area contributed by atoms with Crippen molar-refractivity contribution in [2.24, 2.45) is 0 Å². The molecule has 0 aliphatic carbocycles. The van der Waals surface area contributed by atoms with Crippen molar-refractivity contribution in [2.45, 2.75) is 11.1 Å². The van der Waals surface area contributed by atoms with Crippen molar-refractivity contribution >= 4 is 33.0 Å². The standard InChI is InChI=1S/C12H10FNO4S2/c1-7-2-5-11(19-7)20(17,18)14-10-4-3-8(12(15)16)6-9(10)13/h2-6,14H,1H3,(H,15,16). The lowest BCUT2D eigenvalue weighted by Gasteiger charge is -2.07. The zero-order chi connectivity index (χ0) is 14.9. The maximum Gasteiger partial charge on any atom is 0.335 e. The molecule has 2 rings (SSSR count). The molecule has 106 valence electrons. The highest BCUT2D eigenvalue weighted by Gasteiger charge is 2.18. The number of aromatic carboxylic acids is 1. The first-order valence-corrected chi connectivity index (χ1v) is 7.71. The van der Waals surface area contributed by atoms with Gasteiger partial charge in [-0.1, -0.05) is 0 Å². The molecule has 1 aromatic carbocycles. The fourth-order valence-corrected chi connectivity index (χ4v) is 3.83. The average molecular weight is 315 g/mol. The fourth-order valence-electron chi connectivity index (χ4n) is 1.48. The first-order valence-electron chi connectivity index (χ1n) is 5.42. The largest absolute Gasteiger partial charge is 0.478 e. The van der Waals surface area contributed by atoms with Crippen molar-refractivity contribution in [3.05, 3.63) is 46.6 Å². The van der Waals surface area contributed by atoms with Crippen LogP contribution in [0.4, 0.5) is 10.1 Å². The molecule has 0 amide bonds. The summed E-state index contributed by atoms with van der Waals surface area (Å²) in [7, 11) is -3.87. The number of rotatable bonds is 4. The lowest BCUT2D eigenvalue weighted by Crippen LogP contribution is -2.13. The molecular weight excluding hydrogens is 305 g/mol. The molecule has 0 spiro atoms. The molecule has 0 saturated heterocycles. The van der Waals surface area contributed by atoms with E-state index >= 15 is 0 Å². The summed E-state index contributed by atoms with van der Waals surface area (Å²) in [5.41, 5.74) is -0.543. The Labute approximate surface area is 118 Å². The van der Waals surface area contributed by atoms with E-state index < -0.39 is 21.8 Å². The Morgan fingerprint density at radius 2 is 2.00 bits per heavy atom. The fraction of sp³-hybridized carbons (Fsp3) is 0.0833.